The molecule has 0 unspecified atom stereocenters. The van der Waals surface area contributed by atoms with Crippen LogP contribution in [-0.2, 0) is 12.8 Å². The number of nitrogens with two attached hydrogens (primary N) is 1. The van der Waals surface area contributed by atoms with Gasteiger partial charge in [0.05, 0.1) is 12.5 Å². The van der Waals surface area contributed by atoms with Crippen LogP contribution < -0.4 is 11.1 Å². The quantitative estimate of drug-likeness (QED) is 0.873. The Kier molecular flexibility index (Phi) is 3.94. The third kappa shape index (κ3) is 3.42. The van der Waals surface area contributed by atoms with Crippen LogP contribution in [0, 0.1) is 11.3 Å². The van der Waals surface area contributed by atoms with Crippen LogP contribution >= 0.6 is 0 Å². The molecule has 0 aliphatic rings. The van der Waals surface area contributed by atoms with E-state index < -0.39 is 0 Å². The average molecular weight is 253 g/mol. The van der Waals surface area contributed by atoms with Crippen LogP contribution in [0.15, 0.2) is 30.3 Å². The van der Waals surface area contributed by atoms with Gasteiger partial charge in [-0.15, -0.1) is 0 Å². The van der Waals surface area contributed by atoms with Crippen molar-refractivity contribution in [2.24, 2.45) is 0 Å². The lowest BCUT2D eigenvalue weighted by Gasteiger charge is -2.08. The summed E-state index contributed by atoms with van der Waals surface area (Å²) in [6, 6.07) is 11.5. The third-order valence-electron chi connectivity index (χ3n) is 2.62. The van der Waals surface area contributed by atoms with Crippen molar-refractivity contribution in [2.45, 2.75) is 19.8 Å². The first-order valence-corrected chi connectivity index (χ1v) is 6.07. The summed E-state index contributed by atoms with van der Waals surface area (Å²) in [7, 11) is 0. The van der Waals surface area contributed by atoms with E-state index in [0.717, 1.165) is 17.7 Å². The van der Waals surface area contributed by atoms with Gasteiger partial charge < -0.3 is 11.1 Å². The van der Waals surface area contributed by atoms with Crippen molar-refractivity contribution in [1.82, 2.24) is 9.97 Å². The molecule has 19 heavy (non-hydrogen) atoms. The summed E-state index contributed by atoms with van der Waals surface area (Å²) in [5, 5.41) is 11.8. The van der Waals surface area contributed by atoms with Crippen molar-refractivity contribution in [3.8, 4) is 6.07 Å². The Bertz CT molecular complexity index is 598. The Balaban J connectivity index is 2.16. The number of nitrogens with zero attached hydrogens (tertiary/aromatic N) is 3. The summed E-state index contributed by atoms with van der Waals surface area (Å²) >= 11 is 0. The molecule has 0 radical (unpaired) electrons. The van der Waals surface area contributed by atoms with Gasteiger partial charge in [-0.2, -0.15) is 5.26 Å². The van der Waals surface area contributed by atoms with Gasteiger partial charge in [0.15, 0.2) is 0 Å². The largest absolute Gasteiger partial charge is 0.384 e. The van der Waals surface area contributed by atoms with E-state index in [4.69, 9.17) is 11.0 Å². The van der Waals surface area contributed by atoms with Gasteiger partial charge in [-0.3, -0.25) is 0 Å². The predicted octanol–water partition coefficient (Wildman–Crippen LogP) is 2.43. The van der Waals surface area contributed by atoms with E-state index in [2.05, 4.69) is 21.4 Å². The van der Waals surface area contributed by atoms with Gasteiger partial charge in [0.2, 0.25) is 0 Å². The topological polar surface area (TPSA) is 87.6 Å². The molecule has 0 bridgehead atoms. The predicted molar refractivity (Wildman–Crippen MR) is 74.9 cm³/mol. The molecule has 96 valence electrons. The first kappa shape index (κ1) is 12.8. The second-order valence-electron chi connectivity index (χ2n) is 4.10. The SMILES string of the molecule is CCc1nc(N)cc(Nc2ccc(CC#N)cc2)n1. The molecular weight excluding hydrogens is 238 g/mol. The van der Waals surface area contributed by atoms with E-state index in [-0.39, 0.29) is 0 Å². The van der Waals surface area contributed by atoms with Crippen LogP contribution in [0.1, 0.15) is 18.3 Å². The van der Waals surface area contributed by atoms with Gasteiger partial charge in [-0.05, 0) is 17.7 Å². The molecule has 0 saturated heterocycles. The number of hydrogen-bond donors (Lipinski definition) is 2. The highest BCUT2D eigenvalue weighted by molar-refractivity contribution is 5.58. The molecule has 0 atom stereocenters. The van der Waals surface area contributed by atoms with E-state index in [1.165, 1.54) is 0 Å². The number of nitriles is 1. The number of aryl methyl sites for hydroxylation is 1. The van der Waals surface area contributed by atoms with Gasteiger partial charge in [-0.1, -0.05) is 19.1 Å². The molecule has 5 heteroatoms. The molecule has 2 aromatic rings. The normalized spacial score (nSPS) is 9.89. The Labute approximate surface area is 112 Å². The molecule has 0 spiro atoms. The highest BCUT2D eigenvalue weighted by atomic mass is 15.0. The smallest absolute Gasteiger partial charge is 0.136 e. The Morgan fingerprint density at radius 2 is 2.00 bits per heavy atom. The summed E-state index contributed by atoms with van der Waals surface area (Å²) in [6.07, 6.45) is 1.15. The second kappa shape index (κ2) is 5.83. The van der Waals surface area contributed by atoms with E-state index in [9.17, 15) is 0 Å². The van der Waals surface area contributed by atoms with Gasteiger partial charge in [0.1, 0.15) is 17.5 Å². The first-order valence-electron chi connectivity index (χ1n) is 6.07. The molecule has 0 amide bonds. The summed E-state index contributed by atoms with van der Waals surface area (Å²) in [5.74, 6) is 1.84. The van der Waals surface area contributed by atoms with Gasteiger partial charge in [-0.25, -0.2) is 9.97 Å². The number of rotatable bonds is 4. The van der Waals surface area contributed by atoms with Crippen molar-refractivity contribution in [1.29, 1.82) is 5.26 Å². The molecule has 1 heterocycles. The summed E-state index contributed by atoms with van der Waals surface area (Å²) in [4.78, 5) is 8.47. The highest BCUT2D eigenvalue weighted by Crippen LogP contribution is 2.17. The lowest BCUT2D eigenvalue weighted by molar-refractivity contribution is 0.948. The lowest BCUT2D eigenvalue weighted by atomic mass is 10.1. The van der Waals surface area contributed by atoms with Crippen molar-refractivity contribution in [3.63, 3.8) is 0 Å². The maximum absolute atomic E-state index is 8.62. The Morgan fingerprint density at radius 1 is 1.26 bits per heavy atom. The fourth-order valence-corrected chi connectivity index (χ4v) is 1.68. The van der Waals surface area contributed by atoms with Crippen LogP contribution in [0.5, 0.6) is 0 Å². The summed E-state index contributed by atoms with van der Waals surface area (Å²) in [5.41, 5.74) is 7.62. The van der Waals surface area contributed by atoms with Gasteiger partial charge in [0, 0.05) is 18.2 Å². The molecule has 0 aliphatic carbocycles. The van der Waals surface area contributed by atoms with Gasteiger partial charge in [0.25, 0.3) is 0 Å². The summed E-state index contributed by atoms with van der Waals surface area (Å²) in [6.45, 7) is 1.98. The number of nitrogens with one attached hydrogen (secondary N) is 1. The fourth-order valence-electron chi connectivity index (χ4n) is 1.68. The van der Waals surface area contributed by atoms with Gasteiger partial charge >= 0.3 is 0 Å². The Hall–Kier alpha value is -2.61. The molecule has 3 N–H and O–H groups in total. The average Bonchev–Trinajstić information content (AvgIpc) is 2.40. The molecular formula is C14H15N5. The monoisotopic (exact) mass is 253 g/mol. The van der Waals surface area contributed by atoms with E-state index in [1.54, 1.807) is 6.07 Å². The number of hydrogen-bond acceptors (Lipinski definition) is 5. The molecule has 0 saturated carbocycles. The van der Waals surface area contributed by atoms with Crippen molar-refractivity contribution in [2.75, 3.05) is 11.1 Å². The molecule has 1 aromatic carbocycles. The zero-order valence-corrected chi connectivity index (χ0v) is 10.7. The maximum Gasteiger partial charge on any atom is 0.136 e. The van der Waals surface area contributed by atoms with Crippen LogP contribution in [0.4, 0.5) is 17.3 Å². The molecule has 2 rings (SSSR count). The van der Waals surface area contributed by atoms with Crippen molar-refractivity contribution in [3.05, 3.63) is 41.7 Å². The zero-order chi connectivity index (χ0) is 13.7. The van der Waals surface area contributed by atoms with Crippen LogP contribution in [0.25, 0.3) is 0 Å². The summed E-state index contributed by atoms with van der Waals surface area (Å²) < 4.78 is 0. The third-order valence-corrected chi connectivity index (χ3v) is 2.62. The molecule has 0 fully saturated rings. The molecule has 5 nitrogen and oxygen atoms in total. The van der Waals surface area contributed by atoms with Crippen molar-refractivity contribution >= 4 is 17.3 Å². The van der Waals surface area contributed by atoms with Crippen molar-refractivity contribution < 1.29 is 0 Å². The lowest BCUT2D eigenvalue weighted by Crippen LogP contribution is -2.02. The number of aromatic nitrogens is 2. The van der Waals surface area contributed by atoms with E-state index in [1.807, 2.05) is 31.2 Å². The number of benzene rings is 1. The van der Waals surface area contributed by atoms with Crippen LogP contribution in [0.3, 0.4) is 0 Å². The molecule has 1 aromatic heterocycles. The molecule has 0 aliphatic heterocycles. The minimum Gasteiger partial charge on any atom is -0.384 e. The zero-order valence-electron chi connectivity index (χ0n) is 10.7. The maximum atomic E-state index is 8.62. The minimum atomic E-state index is 0.417. The minimum absolute atomic E-state index is 0.417. The second-order valence-corrected chi connectivity index (χ2v) is 4.10. The fraction of sp³-hybridized carbons (Fsp3) is 0.214. The number of anilines is 3. The van der Waals surface area contributed by atoms with Crippen LogP contribution in [-0.4, -0.2) is 9.97 Å². The van der Waals surface area contributed by atoms with Crippen LogP contribution in [0.2, 0.25) is 0 Å². The van der Waals surface area contributed by atoms with E-state index in [0.29, 0.717) is 23.9 Å². The number of nitrogen functional groups attached to an aromatic ring is 1. The van der Waals surface area contributed by atoms with E-state index >= 15 is 0 Å². The Morgan fingerprint density at radius 3 is 2.63 bits per heavy atom. The highest BCUT2D eigenvalue weighted by Gasteiger charge is 2.02. The first-order chi connectivity index (χ1) is 9.21. The standard InChI is InChI=1S/C14H15N5/c1-2-13-18-12(16)9-14(19-13)17-11-5-3-10(4-6-11)7-8-15/h3-6,9H,2,7H2,1H3,(H3,16,17,18,19).